The molecule has 108 valence electrons. The van der Waals surface area contributed by atoms with Crippen LogP contribution in [-0.4, -0.2) is 9.78 Å². The minimum absolute atomic E-state index is 0.0493. The van der Waals surface area contributed by atoms with Gasteiger partial charge in [0.2, 0.25) is 0 Å². The second-order valence-corrected chi connectivity index (χ2v) is 5.79. The lowest BCUT2D eigenvalue weighted by atomic mass is 10.1. The number of hydrogen-bond donors (Lipinski definition) is 0. The van der Waals surface area contributed by atoms with E-state index in [1.165, 1.54) is 12.1 Å². The lowest BCUT2D eigenvalue weighted by Crippen LogP contribution is -2.05. The van der Waals surface area contributed by atoms with Crippen molar-refractivity contribution in [3.8, 4) is 0 Å². The molecule has 0 aliphatic heterocycles. The number of alkyl halides is 1. The van der Waals surface area contributed by atoms with Crippen LogP contribution in [-0.2, 0) is 6.54 Å². The molecule has 0 spiro atoms. The van der Waals surface area contributed by atoms with E-state index in [1.54, 1.807) is 6.07 Å². The smallest absolute Gasteiger partial charge is 0.123 e. The van der Waals surface area contributed by atoms with Crippen LogP contribution in [0, 0.1) is 19.7 Å². The molecule has 0 fully saturated rings. The van der Waals surface area contributed by atoms with Crippen LogP contribution < -0.4 is 0 Å². The second-order valence-electron chi connectivity index (χ2n) is 4.85. The summed E-state index contributed by atoms with van der Waals surface area (Å²) >= 11 is 12.4. The van der Waals surface area contributed by atoms with E-state index in [2.05, 4.69) is 5.10 Å². The molecule has 20 heavy (non-hydrogen) atoms. The minimum atomic E-state index is -0.296. The van der Waals surface area contributed by atoms with Gasteiger partial charge in [0.25, 0.3) is 0 Å². The van der Waals surface area contributed by atoms with Crippen molar-refractivity contribution in [2.24, 2.45) is 0 Å². The molecule has 0 radical (unpaired) electrons. The van der Waals surface area contributed by atoms with E-state index in [0.29, 0.717) is 17.1 Å². The topological polar surface area (TPSA) is 17.8 Å². The zero-order valence-electron chi connectivity index (χ0n) is 11.8. The van der Waals surface area contributed by atoms with E-state index >= 15 is 0 Å². The number of aryl methyl sites for hydroxylation is 1. The van der Waals surface area contributed by atoms with Crippen LogP contribution >= 0.6 is 23.2 Å². The Morgan fingerprint density at radius 2 is 2.05 bits per heavy atom. The van der Waals surface area contributed by atoms with Crippen molar-refractivity contribution in [2.75, 3.05) is 0 Å². The molecule has 0 bridgehead atoms. The summed E-state index contributed by atoms with van der Waals surface area (Å²) in [5.41, 5.74) is 3.69. The van der Waals surface area contributed by atoms with Crippen LogP contribution in [0.2, 0.25) is 5.02 Å². The molecule has 1 aromatic carbocycles. The van der Waals surface area contributed by atoms with Crippen molar-refractivity contribution in [1.82, 2.24) is 9.78 Å². The van der Waals surface area contributed by atoms with Gasteiger partial charge >= 0.3 is 0 Å². The maximum atomic E-state index is 13.3. The molecule has 2 aromatic rings. The molecule has 5 heteroatoms. The molecule has 0 saturated carbocycles. The predicted octanol–water partition coefficient (Wildman–Crippen LogP) is 5.03. The average molecular weight is 315 g/mol. The maximum Gasteiger partial charge on any atom is 0.123 e. The SMILES string of the molecule is CCC(Cl)c1c(C)nn(Cc2cc(F)ccc2Cl)c1C. The molecule has 0 N–H and O–H groups in total. The highest BCUT2D eigenvalue weighted by molar-refractivity contribution is 6.31. The van der Waals surface area contributed by atoms with Crippen LogP contribution in [0.1, 0.15) is 41.2 Å². The fourth-order valence-corrected chi connectivity index (χ4v) is 2.84. The van der Waals surface area contributed by atoms with Gasteiger partial charge in [-0.15, -0.1) is 11.6 Å². The molecule has 1 heterocycles. The molecule has 1 aromatic heterocycles. The zero-order chi connectivity index (χ0) is 14.9. The van der Waals surface area contributed by atoms with Crippen LogP contribution in [0.3, 0.4) is 0 Å². The summed E-state index contributed by atoms with van der Waals surface area (Å²) in [6, 6.07) is 4.36. The molecule has 2 nitrogen and oxygen atoms in total. The third-order valence-corrected chi connectivity index (χ3v) is 4.33. The van der Waals surface area contributed by atoms with Gasteiger partial charge in [-0.05, 0) is 44.0 Å². The molecule has 2 rings (SSSR count). The summed E-state index contributed by atoms with van der Waals surface area (Å²) in [7, 11) is 0. The Balaban J connectivity index is 2.37. The van der Waals surface area contributed by atoms with Gasteiger partial charge in [0.1, 0.15) is 5.82 Å². The van der Waals surface area contributed by atoms with Crippen LogP contribution in [0.5, 0.6) is 0 Å². The Kier molecular flexibility index (Phi) is 4.71. The normalized spacial score (nSPS) is 12.7. The van der Waals surface area contributed by atoms with Gasteiger partial charge in [-0.3, -0.25) is 4.68 Å². The molecular formula is C15H17Cl2FN2. The monoisotopic (exact) mass is 314 g/mol. The van der Waals surface area contributed by atoms with Gasteiger partial charge in [-0.2, -0.15) is 5.10 Å². The summed E-state index contributed by atoms with van der Waals surface area (Å²) in [5.74, 6) is -0.296. The number of nitrogens with zero attached hydrogens (tertiary/aromatic N) is 2. The third-order valence-electron chi connectivity index (χ3n) is 3.44. The highest BCUT2D eigenvalue weighted by Crippen LogP contribution is 2.30. The van der Waals surface area contributed by atoms with E-state index in [0.717, 1.165) is 23.4 Å². The van der Waals surface area contributed by atoms with E-state index in [1.807, 2.05) is 25.5 Å². The van der Waals surface area contributed by atoms with Crippen LogP contribution in [0.15, 0.2) is 18.2 Å². The lowest BCUT2D eigenvalue weighted by Gasteiger charge is -2.09. The Morgan fingerprint density at radius 1 is 1.35 bits per heavy atom. The molecule has 0 aliphatic rings. The van der Waals surface area contributed by atoms with Gasteiger partial charge in [-0.25, -0.2) is 4.39 Å². The number of rotatable bonds is 4. The maximum absolute atomic E-state index is 13.3. The van der Waals surface area contributed by atoms with Crippen molar-refractivity contribution in [1.29, 1.82) is 0 Å². The molecule has 0 aliphatic carbocycles. The first-order chi connectivity index (χ1) is 9.43. The van der Waals surface area contributed by atoms with Crippen molar-refractivity contribution in [3.05, 3.63) is 51.6 Å². The molecule has 0 amide bonds. The highest BCUT2D eigenvalue weighted by atomic mass is 35.5. The van der Waals surface area contributed by atoms with Gasteiger partial charge in [0.15, 0.2) is 0 Å². The van der Waals surface area contributed by atoms with E-state index in [4.69, 9.17) is 23.2 Å². The standard InChI is InChI=1S/C15H17Cl2FN2/c1-4-13(16)15-9(2)19-20(10(15)3)8-11-7-12(18)5-6-14(11)17/h5-7,13H,4,8H2,1-3H3. The Labute approximate surface area is 128 Å². The lowest BCUT2D eigenvalue weighted by molar-refractivity contribution is 0.615. The van der Waals surface area contributed by atoms with E-state index in [-0.39, 0.29) is 11.2 Å². The van der Waals surface area contributed by atoms with Gasteiger partial charge < -0.3 is 0 Å². The molecule has 0 saturated heterocycles. The Bertz CT molecular complexity index is 623. The highest BCUT2D eigenvalue weighted by Gasteiger charge is 2.18. The van der Waals surface area contributed by atoms with Gasteiger partial charge in [0, 0.05) is 16.3 Å². The number of benzene rings is 1. The van der Waals surface area contributed by atoms with Crippen molar-refractivity contribution >= 4 is 23.2 Å². The second kappa shape index (κ2) is 6.15. The fraction of sp³-hybridized carbons (Fsp3) is 0.400. The molecule has 1 atom stereocenters. The Morgan fingerprint density at radius 3 is 2.70 bits per heavy atom. The predicted molar refractivity (Wildman–Crippen MR) is 81.1 cm³/mol. The van der Waals surface area contributed by atoms with E-state index in [9.17, 15) is 4.39 Å². The summed E-state index contributed by atoms with van der Waals surface area (Å²) in [6.07, 6.45) is 0.843. The first kappa shape index (κ1) is 15.3. The minimum Gasteiger partial charge on any atom is -0.265 e. The first-order valence-corrected chi connectivity index (χ1v) is 7.37. The molecular weight excluding hydrogens is 298 g/mol. The number of hydrogen-bond acceptors (Lipinski definition) is 1. The number of aromatic nitrogens is 2. The summed E-state index contributed by atoms with van der Waals surface area (Å²) in [5, 5.41) is 4.99. The fourth-order valence-electron chi connectivity index (χ4n) is 2.35. The Hall–Kier alpha value is -1.06. The molecule has 1 unspecified atom stereocenters. The van der Waals surface area contributed by atoms with Crippen LogP contribution in [0.4, 0.5) is 4.39 Å². The number of halogens is 3. The van der Waals surface area contributed by atoms with Crippen LogP contribution in [0.25, 0.3) is 0 Å². The summed E-state index contributed by atoms with van der Waals surface area (Å²) < 4.78 is 15.1. The zero-order valence-corrected chi connectivity index (χ0v) is 13.3. The first-order valence-electron chi connectivity index (χ1n) is 6.56. The third kappa shape index (κ3) is 2.99. The van der Waals surface area contributed by atoms with Crippen molar-refractivity contribution < 1.29 is 4.39 Å². The summed E-state index contributed by atoms with van der Waals surface area (Å²) in [4.78, 5) is 0. The average Bonchev–Trinajstić information content (AvgIpc) is 2.68. The summed E-state index contributed by atoms with van der Waals surface area (Å²) in [6.45, 7) is 6.40. The van der Waals surface area contributed by atoms with Gasteiger partial charge in [0.05, 0.1) is 17.6 Å². The van der Waals surface area contributed by atoms with Gasteiger partial charge in [-0.1, -0.05) is 18.5 Å². The largest absolute Gasteiger partial charge is 0.265 e. The van der Waals surface area contributed by atoms with Crippen molar-refractivity contribution in [3.63, 3.8) is 0 Å². The van der Waals surface area contributed by atoms with E-state index < -0.39 is 0 Å². The van der Waals surface area contributed by atoms with Crippen molar-refractivity contribution in [2.45, 2.75) is 39.1 Å². The quantitative estimate of drug-likeness (QED) is 0.724.